The molecule has 1 unspecified atom stereocenters. The summed E-state index contributed by atoms with van der Waals surface area (Å²) in [6, 6.07) is 22.8. The maximum atomic E-state index is 2.65. The maximum absolute atomic E-state index is 2.65. The van der Waals surface area contributed by atoms with Gasteiger partial charge in [0.2, 0.25) is 0 Å². The van der Waals surface area contributed by atoms with Gasteiger partial charge in [-0.15, -0.1) is 22.7 Å². The second-order valence-corrected chi connectivity index (χ2v) is 17.4. The molecule has 4 aromatic rings. The molecule has 32 heavy (non-hydrogen) atoms. The third-order valence-electron chi connectivity index (χ3n) is 7.43. The molecular weight excluding hydrogens is 441 g/mol. The topological polar surface area (TPSA) is 0 Å². The molecule has 2 aliphatic rings. The lowest BCUT2D eigenvalue weighted by Gasteiger charge is -2.37. The van der Waals surface area contributed by atoms with E-state index in [-0.39, 0.29) is 0 Å². The van der Waals surface area contributed by atoms with Crippen molar-refractivity contribution in [3.63, 3.8) is 0 Å². The van der Waals surface area contributed by atoms with Crippen molar-refractivity contribution in [1.82, 2.24) is 0 Å². The third kappa shape index (κ3) is 2.84. The van der Waals surface area contributed by atoms with Crippen molar-refractivity contribution in [1.29, 1.82) is 0 Å². The number of hydrogen-bond donors (Lipinski definition) is 0. The zero-order chi connectivity index (χ0) is 22.2. The summed E-state index contributed by atoms with van der Waals surface area (Å²) < 4.78 is 0. The van der Waals surface area contributed by atoms with E-state index in [9.17, 15) is 0 Å². The Morgan fingerprint density at radius 2 is 1.31 bits per heavy atom. The molecule has 2 heterocycles. The van der Waals surface area contributed by atoms with E-state index in [1.54, 1.807) is 20.9 Å². The Kier molecular flexibility index (Phi) is 4.56. The molecule has 0 nitrogen and oxygen atoms in total. The molecule has 1 atom stereocenters. The Hall–Kier alpha value is -2.20. The molecule has 0 saturated heterocycles. The fourth-order valence-corrected chi connectivity index (χ4v) is 14.9. The van der Waals surface area contributed by atoms with Crippen molar-refractivity contribution in [3.05, 3.63) is 96.9 Å². The van der Waals surface area contributed by atoms with Gasteiger partial charge in [-0.1, -0.05) is 73.3 Å². The van der Waals surface area contributed by atoms with Gasteiger partial charge in [0.1, 0.15) is 0 Å². The SMILES string of the molecule is CC1=Cc2c(-c3ccccc3)cccc2C1[Si](C)(C)C1c2sc(C)cc2-c2cc(C)sc21. The number of allylic oxidation sites excluding steroid dienone is 1. The summed E-state index contributed by atoms with van der Waals surface area (Å²) in [5.41, 5.74) is 11.4. The summed E-state index contributed by atoms with van der Waals surface area (Å²) in [4.78, 5) is 6.18. The number of thiophene rings is 2. The lowest BCUT2D eigenvalue weighted by molar-refractivity contribution is 1.01. The van der Waals surface area contributed by atoms with E-state index in [1.165, 1.54) is 37.6 Å². The van der Waals surface area contributed by atoms with E-state index in [4.69, 9.17) is 0 Å². The summed E-state index contributed by atoms with van der Waals surface area (Å²) >= 11 is 4.08. The molecule has 0 spiro atoms. The summed E-state index contributed by atoms with van der Waals surface area (Å²) in [5.74, 6) is 0. The Morgan fingerprint density at radius 1 is 0.688 bits per heavy atom. The molecule has 0 radical (unpaired) electrons. The smallest absolute Gasteiger partial charge is 0.0747 e. The van der Waals surface area contributed by atoms with Gasteiger partial charge in [-0.05, 0) is 66.3 Å². The quantitative estimate of drug-likeness (QED) is 0.263. The molecule has 2 aromatic heterocycles. The van der Waals surface area contributed by atoms with Gasteiger partial charge in [0, 0.05) is 30.6 Å². The third-order valence-corrected chi connectivity index (χ3v) is 14.4. The Balaban J connectivity index is 1.51. The highest BCUT2D eigenvalue weighted by Gasteiger charge is 2.50. The predicted molar refractivity (Wildman–Crippen MR) is 145 cm³/mol. The van der Waals surface area contributed by atoms with Crippen molar-refractivity contribution in [2.45, 2.75) is 44.9 Å². The van der Waals surface area contributed by atoms with Gasteiger partial charge in [0.05, 0.1) is 8.07 Å². The van der Waals surface area contributed by atoms with Crippen LogP contribution in [0.15, 0.2) is 66.2 Å². The molecule has 160 valence electrons. The highest BCUT2D eigenvalue weighted by atomic mass is 32.1. The molecule has 0 amide bonds. The molecule has 3 heteroatoms. The van der Waals surface area contributed by atoms with Crippen molar-refractivity contribution in [2.24, 2.45) is 0 Å². The zero-order valence-corrected chi connectivity index (χ0v) is 22.0. The van der Waals surface area contributed by atoms with Gasteiger partial charge in [-0.25, -0.2) is 0 Å². The first-order valence-corrected chi connectivity index (χ1v) is 16.2. The number of rotatable bonds is 3. The van der Waals surface area contributed by atoms with E-state index >= 15 is 0 Å². The predicted octanol–water partition coefficient (Wildman–Crippen LogP) is 9.19. The van der Waals surface area contributed by atoms with Gasteiger partial charge in [0.15, 0.2) is 0 Å². The van der Waals surface area contributed by atoms with Crippen molar-refractivity contribution in [3.8, 4) is 22.3 Å². The molecule has 0 N–H and O–H groups in total. The molecule has 2 aromatic carbocycles. The van der Waals surface area contributed by atoms with E-state index in [0.717, 1.165) is 0 Å². The van der Waals surface area contributed by atoms with Crippen LogP contribution in [0.2, 0.25) is 13.1 Å². The van der Waals surface area contributed by atoms with Crippen LogP contribution in [0, 0.1) is 13.8 Å². The van der Waals surface area contributed by atoms with Crippen LogP contribution in [0.1, 0.15) is 48.6 Å². The van der Waals surface area contributed by atoms with Crippen LogP contribution in [-0.2, 0) is 0 Å². The minimum Gasteiger partial charge on any atom is -0.145 e. The Morgan fingerprint density at radius 3 is 1.94 bits per heavy atom. The fourth-order valence-electron chi connectivity index (χ4n) is 6.29. The average molecular weight is 469 g/mol. The first-order valence-electron chi connectivity index (χ1n) is 11.4. The summed E-state index contributed by atoms with van der Waals surface area (Å²) in [7, 11) is -1.80. The monoisotopic (exact) mass is 468 g/mol. The first kappa shape index (κ1) is 20.4. The lowest BCUT2D eigenvalue weighted by Crippen LogP contribution is -2.41. The molecule has 0 bridgehead atoms. The number of aryl methyl sites for hydroxylation is 2. The zero-order valence-electron chi connectivity index (χ0n) is 19.3. The minimum atomic E-state index is -1.80. The lowest BCUT2D eigenvalue weighted by atomic mass is 9.97. The van der Waals surface area contributed by atoms with Crippen LogP contribution in [-0.4, -0.2) is 8.07 Å². The van der Waals surface area contributed by atoms with Crippen molar-refractivity contribution < 1.29 is 0 Å². The molecule has 2 aliphatic carbocycles. The van der Waals surface area contributed by atoms with Crippen LogP contribution < -0.4 is 0 Å². The molecule has 0 saturated carbocycles. The van der Waals surface area contributed by atoms with Crippen LogP contribution in [0.25, 0.3) is 28.3 Å². The molecular formula is C29H28S2Si. The normalized spacial score (nSPS) is 17.3. The van der Waals surface area contributed by atoms with Crippen LogP contribution >= 0.6 is 22.7 Å². The van der Waals surface area contributed by atoms with Gasteiger partial charge in [-0.2, -0.15) is 0 Å². The highest BCUT2D eigenvalue weighted by molar-refractivity contribution is 7.16. The minimum absolute atomic E-state index is 0.551. The van der Waals surface area contributed by atoms with E-state index < -0.39 is 8.07 Å². The Labute approximate surface area is 200 Å². The van der Waals surface area contributed by atoms with Crippen molar-refractivity contribution in [2.75, 3.05) is 0 Å². The number of benzene rings is 2. The largest absolute Gasteiger partial charge is 0.145 e. The maximum Gasteiger partial charge on any atom is 0.0747 e. The standard InChI is InChI=1S/C29H28S2Si/c1-17-14-23-21(20-10-7-6-8-11-20)12-9-13-22(23)28(17)32(4,5)29-26-24(15-18(2)30-26)25-16-19(3)31-27(25)29/h6-16,28-29H,1-5H3. The van der Waals surface area contributed by atoms with Gasteiger partial charge < -0.3 is 0 Å². The number of hydrogen-bond acceptors (Lipinski definition) is 2. The summed E-state index contributed by atoms with van der Waals surface area (Å²) in [6.07, 6.45) is 2.49. The second kappa shape index (κ2) is 7.15. The molecule has 0 aliphatic heterocycles. The second-order valence-electron chi connectivity index (χ2n) is 10.0. The highest BCUT2D eigenvalue weighted by Crippen LogP contribution is 2.59. The molecule has 6 rings (SSSR count). The average Bonchev–Trinajstić information content (AvgIpc) is 3.46. The number of fused-ring (bicyclic) bond motifs is 4. The van der Waals surface area contributed by atoms with E-state index in [0.29, 0.717) is 11.1 Å². The van der Waals surface area contributed by atoms with Crippen LogP contribution in [0.4, 0.5) is 0 Å². The molecule has 0 fully saturated rings. The van der Waals surface area contributed by atoms with Crippen LogP contribution in [0.3, 0.4) is 0 Å². The van der Waals surface area contributed by atoms with Crippen molar-refractivity contribution >= 4 is 36.8 Å². The van der Waals surface area contributed by atoms with Gasteiger partial charge in [0.25, 0.3) is 0 Å². The Bertz CT molecular complexity index is 1340. The van der Waals surface area contributed by atoms with Crippen LogP contribution in [0.5, 0.6) is 0 Å². The van der Waals surface area contributed by atoms with Gasteiger partial charge >= 0.3 is 0 Å². The fraction of sp³-hybridized carbons (Fsp3) is 0.241. The van der Waals surface area contributed by atoms with Gasteiger partial charge in [-0.3, -0.25) is 0 Å². The summed E-state index contributed by atoms with van der Waals surface area (Å²) in [6.45, 7) is 12.2. The van der Waals surface area contributed by atoms with E-state index in [2.05, 4.69) is 101 Å². The van der Waals surface area contributed by atoms with E-state index in [1.807, 2.05) is 22.7 Å². The first-order chi connectivity index (χ1) is 15.4. The summed E-state index contributed by atoms with van der Waals surface area (Å²) in [5, 5.41) is 0.